The Kier molecular flexibility index (Phi) is 8.56. The summed E-state index contributed by atoms with van der Waals surface area (Å²) in [5.74, 6) is 0.304. The van der Waals surface area contributed by atoms with Crippen molar-refractivity contribution in [3.8, 4) is 0 Å². The van der Waals surface area contributed by atoms with E-state index in [9.17, 15) is 4.79 Å². The fraction of sp³-hybridized carbons (Fsp3) is 0.933. The number of amides is 1. The maximum absolute atomic E-state index is 12.1. The number of rotatable bonds is 3. The predicted molar refractivity (Wildman–Crippen MR) is 77.1 cm³/mol. The summed E-state index contributed by atoms with van der Waals surface area (Å²) in [6, 6.07) is 0. The van der Waals surface area contributed by atoms with Crippen molar-refractivity contribution < 1.29 is 4.79 Å². The molecule has 0 aromatic heterocycles. The van der Waals surface area contributed by atoms with Crippen LogP contribution in [0.15, 0.2) is 0 Å². The van der Waals surface area contributed by atoms with Crippen LogP contribution in [-0.4, -0.2) is 11.4 Å². The first-order chi connectivity index (χ1) is 7.58. The third-order valence-electron chi connectivity index (χ3n) is 2.44. The van der Waals surface area contributed by atoms with Gasteiger partial charge in [-0.3, -0.25) is 4.79 Å². The summed E-state index contributed by atoms with van der Waals surface area (Å²) in [4.78, 5) is 12.1. The average molecular weight is 243 g/mol. The maximum atomic E-state index is 12.1. The molecule has 0 spiro atoms. The van der Waals surface area contributed by atoms with Crippen molar-refractivity contribution >= 4 is 5.91 Å². The van der Waals surface area contributed by atoms with Gasteiger partial charge in [0.15, 0.2) is 0 Å². The van der Waals surface area contributed by atoms with Crippen LogP contribution in [0.4, 0.5) is 0 Å². The van der Waals surface area contributed by atoms with Gasteiger partial charge in [-0.2, -0.15) is 0 Å². The lowest BCUT2D eigenvalue weighted by atomic mass is 9.77. The SMILES string of the molecule is CC.CCCC(C(=O)NC(C)(C)C)C(C)(C)C. The van der Waals surface area contributed by atoms with Crippen molar-refractivity contribution in [3.63, 3.8) is 0 Å². The van der Waals surface area contributed by atoms with Crippen molar-refractivity contribution in [2.24, 2.45) is 11.3 Å². The van der Waals surface area contributed by atoms with Crippen molar-refractivity contribution in [1.82, 2.24) is 5.32 Å². The lowest BCUT2D eigenvalue weighted by Crippen LogP contribution is -2.46. The first-order valence-corrected chi connectivity index (χ1v) is 6.90. The van der Waals surface area contributed by atoms with E-state index in [0.29, 0.717) is 0 Å². The molecule has 0 aliphatic rings. The molecule has 2 heteroatoms. The van der Waals surface area contributed by atoms with Gasteiger partial charge < -0.3 is 5.32 Å². The Labute approximate surface area is 109 Å². The minimum absolute atomic E-state index is 0.0470. The topological polar surface area (TPSA) is 29.1 Å². The van der Waals surface area contributed by atoms with Crippen LogP contribution in [0.2, 0.25) is 0 Å². The Hall–Kier alpha value is -0.530. The molecule has 17 heavy (non-hydrogen) atoms. The minimum Gasteiger partial charge on any atom is -0.351 e. The van der Waals surface area contributed by atoms with Gasteiger partial charge in [-0.1, -0.05) is 48.0 Å². The zero-order chi connectivity index (χ0) is 14.3. The molecule has 1 atom stereocenters. The monoisotopic (exact) mass is 243 g/mol. The molecular weight excluding hydrogens is 210 g/mol. The van der Waals surface area contributed by atoms with Crippen LogP contribution < -0.4 is 5.32 Å². The van der Waals surface area contributed by atoms with E-state index in [-0.39, 0.29) is 22.8 Å². The number of hydrogen-bond acceptors (Lipinski definition) is 1. The highest BCUT2D eigenvalue weighted by Crippen LogP contribution is 2.30. The summed E-state index contributed by atoms with van der Waals surface area (Å²) < 4.78 is 0. The van der Waals surface area contributed by atoms with Crippen molar-refractivity contribution in [1.29, 1.82) is 0 Å². The molecular formula is C15H33NO. The third-order valence-corrected chi connectivity index (χ3v) is 2.44. The summed E-state index contributed by atoms with van der Waals surface area (Å²) in [6.07, 6.45) is 2.02. The van der Waals surface area contributed by atoms with Gasteiger partial charge in [-0.15, -0.1) is 0 Å². The van der Waals surface area contributed by atoms with Crippen molar-refractivity contribution in [2.75, 3.05) is 0 Å². The number of nitrogens with one attached hydrogen (secondary N) is 1. The second-order valence-corrected chi connectivity index (χ2v) is 6.45. The highest BCUT2D eigenvalue weighted by Gasteiger charge is 2.31. The molecule has 0 aliphatic carbocycles. The molecule has 0 heterocycles. The molecule has 1 N–H and O–H groups in total. The molecule has 104 valence electrons. The average Bonchev–Trinajstić information content (AvgIpc) is 2.12. The van der Waals surface area contributed by atoms with Gasteiger partial charge in [-0.25, -0.2) is 0 Å². The quantitative estimate of drug-likeness (QED) is 0.782. The number of carbonyl (C=O) groups excluding carboxylic acids is 1. The summed E-state index contributed by atoms with van der Waals surface area (Å²) in [7, 11) is 0. The standard InChI is InChI=1S/C13H27NO.C2H6/c1-8-9-10(12(2,3)4)11(15)14-13(5,6)7;1-2/h10H,8-9H2,1-7H3,(H,14,15);1-2H3. The highest BCUT2D eigenvalue weighted by molar-refractivity contribution is 5.80. The second kappa shape index (κ2) is 7.73. The molecule has 0 rings (SSSR count). The Morgan fingerprint density at radius 3 is 1.71 bits per heavy atom. The Morgan fingerprint density at radius 2 is 1.47 bits per heavy atom. The van der Waals surface area contributed by atoms with Crippen LogP contribution in [0.25, 0.3) is 0 Å². The lowest BCUT2D eigenvalue weighted by Gasteiger charge is -2.32. The van der Waals surface area contributed by atoms with Crippen LogP contribution in [-0.2, 0) is 4.79 Å². The molecule has 0 saturated carbocycles. The van der Waals surface area contributed by atoms with Gasteiger partial charge in [0, 0.05) is 11.5 Å². The summed E-state index contributed by atoms with van der Waals surface area (Å²) in [5, 5.41) is 3.07. The zero-order valence-electron chi connectivity index (χ0n) is 13.4. The van der Waals surface area contributed by atoms with Crippen molar-refractivity contribution in [3.05, 3.63) is 0 Å². The number of carbonyl (C=O) groups is 1. The van der Waals surface area contributed by atoms with Gasteiger partial charge in [0.05, 0.1) is 0 Å². The smallest absolute Gasteiger partial charge is 0.224 e. The van der Waals surface area contributed by atoms with Gasteiger partial charge in [0.1, 0.15) is 0 Å². The van der Waals surface area contributed by atoms with Crippen LogP contribution in [0, 0.1) is 11.3 Å². The van der Waals surface area contributed by atoms with E-state index in [2.05, 4.69) is 33.0 Å². The van der Waals surface area contributed by atoms with E-state index in [1.807, 2.05) is 34.6 Å². The lowest BCUT2D eigenvalue weighted by molar-refractivity contribution is -0.130. The van der Waals surface area contributed by atoms with E-state index in [1.165, 1.54) is 0 Å². The molecule has 2 nitrogen and oxygen atoms in total. The number of hydrogen-bond donors (Lipinski definition) is 1. The van der Waals surface area contributed by atoms with E-state index in [0.717, 1.165) is 12.8 Å². The van der Waals surface area contributed by atoms with Crippen LogP contribution in [0.1, 0.15) is 75.2 Å². The molecule has 1 unspecified atom stereocenters. The molecule has 0 radical (unpaired) electrons. The summed E-state index contributed by atoms with van der Waals surface area (Å²) in [5.41, 5.74) is -0.0837. The van der Waals surface area contributed by atoms with E-state index < -0.39 is 0 Å². The molecule has 0 aromatic carbocycles. The van der Waals surface area contributed by atoms with Gasteiger partial charge in [0.25, 0.3) is 0 Å². The molecule has 0 fully saturated rings. The molecule has 0 saturated heterocycles. The first-order valence-electron chi connectivity index (χ1n) is 6.90. The maximum Gasteiger partial charge on any atom is 0.224 e. The molecule has 1 amide bonds. The normalized spacial score (nSPS) is 13.5. The van der Waals surface area contributed by atoms with Crippen LogP contribution >= 0.6 is 0 Å². The third kappa shape index (κ3) is 9.20. The molecule has 0 aromatic rings. The zero-order valence-corrected chi connectivity index (χ0v) is 13.4. The first kappa shape index (κ1) is 18.8. The summed E-state index contributed by atoms with van der Waals surface area (Å²) >= 11 is 0. The Bertz CT molecular complexity index is 208. The van der Waals surface area contributed by atoms with E-state index in [4.69, 9.17) is 0 Å². The predicted octanol–water partition coefficient (Wildman–Crippen LogP) is 4.39. The van der Waals surface area contributed by atoms with Crippen LogP contribution in [0.5, 0.6) is 0 Å². The summed E-state index contributed by atoms with van der Waals surface area (Å²) in [6.45, 7) is 18.6. The van der Waals surface area contributed by atoms with E-state index in [1.54, 1.807) is 0 Å². The minimum atomic E-state index is -0.131. The molecule has 0 bridgehead atoms. The van der Waals surface area contributed by atoms with Gasteiger partial charge >= 0.3 is 0 Å². The van der Waals surface area contributed by atoms with Crippen LogP contribution in [0.3, 0.4) is 0 Å². The largest absolute Gasteiger partial charge is 0.351 e. The van der Waals surface area contributed by atoms with Crippen molar-refractivity contribution in [2.45, 2.75) is 80.7 Å². The van der Waals surface area contributed by atoms with Gasteiger partial charge in [0.2, 0.25) is 5.91 Å². The van der Waals surface area contributed by atoms with Gasteiger partial charge in [-0.05, 0) is 32.6 Å². The van der Waals surface area contributed by atoms with E-state index >= 15 is 0 Å². The second-order valence-electron chi connectivity index (χ2n) is 6.45. The fourth-order valence-electron chi connectivity index (χ4n) is 1.70. The Morgan fingerprint density at radius 1 is 1.06 bits per heavy atom. The molecule has 0 aliphatic heterocycles. The fourth-order valence-corrected chi connectivity index (χ4v) is 1.70. The highest BCUT2D eigenvalue weighted by atomic mass is 16.2. The Balaban J connectivity index is 0.